The molecule has 0 amide bonds. The monoisotopic (exact) mass is 276 g/mol. The fourth-order valence-corrected chi connectivity index (χ4v) is 2.20. The predicted octanol–water partition coefficient (Wildman–Crippen LogP) is 5.21. The maximum Gasteiger partial charge on any atom is 0.141 e. The third-order valence-electron chi connectivity index (χ3n) is 3.26. The minimum absolute atomic E-state index is 0.00648. The summed E-state index contributed by atoms with van der Waals surface area (Å²) in [6.07, 6.45) is -1.13. The summed E-state index contributed by atoms with van der Waals surface area (Å²) in [6, 6.07) is 7.42. The lowest BCUT2D eigenvalue weighted by Gasteiger charge is -2.30. The van der Waals surface area contributed by atoms with Crippen LogP contribution in [0.1, 0.15) is 61.8 Å². The van der Waals surface area contributed by atoms with Crippen LogP contribution < -0.4 is 0 Å². The van der Waals surface area contributed by atoms with Gasteiger partial charge in [-0.3, -0.25) is 4.79 Å². The molecule has 20 heavy (non-hydrogen) atoms. The second-order valence-corrected chi connectivity index (χ2v) is 7.94. The minimum atomic E-state index is -1.66. The molecule has 0 saturated carbocycles. The first-order valence-corrected chi connectivity index (χ1v) is 7.36. The summed E-state index contributed by atoms with van der Waals surface area (Å²) in [5.74, 6) is -0.650. The van der Waals surface area contributed by atoms with Gasteiger partial charge in [-0.05, 0) is 30.7 Å². The highest BCUT2D eigenvalue weighted by Gasteiger charge is 2.32. The minimum Gasteiger partial charge on any atom is -0.299 e. The molecule has 0 spiro atoms. The number of rotatable bonds is 4. The van der Waals surface area contributed by atoms with Gasteiger partial charge in [0.1, 0.15) is 5.78 Å². The molecule has 1 aromatic rings. The van der Waals surface area contributed by atoms with Crippen molar-refractivity contribution >= 4 is 5.78 Å². The molecule has 1 heteroatoms. The Kier molecular flexibility index (Phi) is 4.24. The molecule has 0 N–H and O–H groups in total. The molecular formula is C19H30O. The Morgan fingerprint density at radius 1 is 1.10 bits per heavy atom. The quantitative estimate of drug-likeness (QED) is 0.738. The molecule has 0 aliphatic rings. The Morgan fingerprint density at radius 2 is 1.60 bits per heavy atom. The first kappa shape index (κ1) is 13.9. The topological polar surface area (TPSA) is 17.1 Å². The zero-order chi connectivity index (χ0) is 17.3. The summed E-state index contributed by atoms with van der Waals surface area (Å²) < 4.78 is 17.3. The standard InChI is InChI=1S/C19H30O/c1-14-8-10-15(11-9-14)12-16(13-18(2,3)4)17(20)19(5,6)7/h8-11,16H,12-13H2,1-7H3/t16-/m1/s1/i12D2. The Bertz CT molecular complexity index is 516. The summed E-state index contributed by atoms with van der Waals surface area (Å²) >= 11 is 0. The summed E-state index contributed by atoms with van der Waals surface area (Å²) in [7, 11) is 0. The van der Waals surface area contributed by atoms with E-state index >= 15 is 0 Å². The third kappa shape index (κ3) is 5.48. The van der Waals surface area contributed by atoms with Crippen LogP contribution in [0.25, 0.3) is 0 Å². The van der Waals surface area contributed by atoms with Gasteiger partial charge in [-0.25, -0.2) is 0 Å². The van der Waals surface area contributed by atoms with Crippen LogP contribution in [-0.4, -0.2) is 5.78 Å². The number of ketones is 1. The van der Waals surface area contributed by atoms with E-state index in [-0.39, 0.29) is 11.2 Å². The first-order valence-electron chi connectivity index (χ1n) is 8.36. The highest BCUT2D eigenvalue weighted by molar-refractivity contribution is 5.86. The number of Topliss-reactive ketones (excluding diaryl/α,β-unsaturated/α-hetero) is 1. The van der Waals surface area contributed by atoms with Gasteiger partial charge in [-0.15, -0.1) is 0 Å². The number of carbonyl (C=O) groups excluding carboxylic acids is 1. The predicted molar refractivity (Wildman–Crippen MR) is 86.9 cm³/mol. The molecule has 0 radical (unpaired) electrons. The average molecular weight is 276 g/mol. The molecule has 0 saturated heterocycles. The number of aryl methyl sites for hydroxylation is 1. The van der Waals surface area contributed by atoms with Crippen LogP contribution in [0, 0.1) is 23.7 Å². The van der Waals surface area contributed by atoms with Crippen LogP contribution in [0.2, 0.25) is 0 Å². The fraction of sp³-hybridized carbons (Fsp3) is 0.632. The third-order valence-corrected chi connectivity index (χ3v) is 3.26. The first-order chi connectivity index (χ1) is 9.75. The molecule has 1 atom stereocenters. The largest absolute Gasteiger partial charge is 0.299 e. The van der Waals surface area contributed by atoms with Gasteiger partial charge in [-0.2, -0.15) is 0 Å². The highest BCUT2D eigenvalue weighted by Crippen LogP contribution is 2.32. The molecule has 1 nitrogen and oxygen atoms in total. The zero-order valence-corrected chi connectivity index (χ0v) is 14.0. The number of carbonyl (C=O) groups is 1. The van der Waals surface area contributed by atoms with Crippen molar-refractivity contribution in [1.29, 1.82) is 0 Å². The van der Waals surface area contributed by atoms with Gasteiger partial charge in [-0.1, -0.05) is 71.4 Å². The van der Waals surface area contributed by atoms with E-state index in [0.717, 1.165) is 5.56 Å². The molecule has 112 valence electrons. The Morgan fingerprint density at radius 3 is 2.00 bits per heavy atom. The van der Waals surface area contributed by atoms with Crippen molar-refractivity contribution in [3.8, 4) is 0 Å². The van der Waals surface area contributed by atoms with Gasteiger partial charge in [0.25, 0.3) is 0 Å². The Balaban J connectivity index is 3.29. The smallest absolute Gasteiger partial charge is 0.141 e. The molecule has 0 unspecified atom stereocenters. The van der Waals surface area contributed by atoms with Crippen molar-refractivity contribution in [1.82, 2.24) is 0 Å². The summed E-state index contributed by atoms with van der Waals surface area (Å²) in [4.78, 5) is 12.9. The molecule has 0 bridgehead atoms. The van der Waals surface area contributed by atoms with Crippen molar-refractivity contribution < 1.29 is 7.54 Å². The Hall–Kier alpha value is -1.11. The van der Waals surface area contributed by atoms with Crippen LogP contribution in [-0.2, 0) is 11.2 Å². The molecule has 0 aliphatic heterocycles. The van der Waals surface area contributed by atoms with E-state index in [1.165, 1.54) is 0 Å². The van der Waals surface area contributed by atoms with Crippen LogP contribution >= 0.6 is 0 Å². The lowest BCUT2D eigenvalue weighted by Crippen LogP contribution is -2.32. The van der Waals surface area contributed by atoms with Gasteiger partial charge >= 0.3 is 0 Å². The average Bonchev–Trinajstić information content (AvgIpc) is 2.33. The SMILES string of the molecule is [2H]C([2H])(c1ccc(C)cc1)[C@H](CC(C)(C)C)C(=O)C(C)(C)C. The second-order valence-electron chi connectivity index (χ2n) is 7.94. The van der Waals surface area contributed by atoms with E-state index in [4.69, 9.17) is 2.74 Å². The van der Waals surface area contributed by atoms with E-state index in [2.05, 4.69) is 20.8 Å². The van der Waals surface area contributed by atoms with Crippen molar-refractivity contribution in [2.45, 2.75) is 61.3 Å². The van der Waals surface area contributed by atoms with Crippen LogP contribution in [0.3, 0.4) is 0 Å². The second kappa shape index (κ2) is 6.11. The summed E-state index contributed by atoms with van der Waals surface area (Å²) in [5.41, 5.74) is 1.02. The normalized spacial score (nSPS) is 16.4. The van der Waals surface area contributed by atoms with E-state index in [1.807, 2.05) is 39.8 Å². The van der Waals surface area contributed by atoms with Crippen LogP contribution in [0.4, 0.5) is 0 Å². The highest BCUT2D eigenvalue weighted by atomic mass is 16.1. The van der Waals surface area contributed by atoms with E-state index in [9.17, 15) is 4.79 Å². The van der Waals surface area contributed by atoms with Crippen molar-refractivity contribution in [2.75, 3.05) is 0 Å². The van der Waals surface area contributed by atoms with Crippen LogP contribution in [0.15, 0.2) is 24.3 Å². The molecule has 0 aromatic heterocycles. The van der Waals surface area contributed by atoms with Crippen LogP contribution in [0.5, 0.6) is 0 Å². The van der Waals surface area contributed by atoms with Crippen molar-refractivity contribution in [3.05, 3.63) is 35.4 Å². The van der Waals surface area contributed by atoms with Crippen molar-refractivity contribution in [2.24, 2.45) is 16.7 Å². The Labute approximate surface area is 127 Å². The molecule has 0 aliphatic carbocycles. The van der Waals surface area contributed by atoms with Gasteiger partial charge in [0.2, 0.25) is 0 Å². The van der Waals surface area contributed by atoms with E-state index in [0.29, 0.717) is 12.0 Å². The lowest BCUT2D eigenvalue weighted by atomic mass is 9.73. The zero-order valence-electron chi connectivity index (χ0n) is 16.0. The molecule has 0 heterocycles. The number of benzene rings is 1. The number of hydrogen-bond donors (Lipinski definition) is 0. The van der Waals surface area contributed by atoms with Gasteiger partial charge < -0.3 is 0 Å². The number of hydrogen-bond acceptors (Lipinski definition) is 1. The molecule has 1 rings (SSSR count). The van der Waals surface area contributed by atoms with E-state index in [1.54, 1.807) is 12.1 Å². The maximum absolute atomic E-state index is 12.9. The lowest BCUT2D eigenvalue weighted by molar-refractivity contribution is -0.131. The van der Waals surface area contributed by atoms with Gasteiger partial charge in [0, 0.05) is 14.1 Å². The molecular weight excluding hydrogens is 244 g/mol. The molecule has 0 fully saturated rings. The maximum atomic E-state index is 12.9. The van der Waals surface area contributed by atoms with Gasteiger partial charge in [0.15, 0.2) is 0 Å². The van der Waals surface area contributed by atoms with Gasteiger partial charge in [0.05, 0.1) is 0 Å². The van der Waals surface area contributed by atoms with Crippen molar-refractivity contribution in [3.63, 3.8) is 0 Å². The molecule has 1 aromatic carbocycles. The fourth-order valence-electron chi connectivity index (χ4n) is 2.20. The van der Waals surface area contributed by atoms with E-state index < -0.39 is 17.7 Å². The summed E-state index contributed by atoms with van der Waals surface area (Å²) in [6.45, 7) is 13.8. The summed E-state index contributed by atoms with van der Waals surface area (Å²) in [5, 5.41) is 0.